The summed E-state index contributed by atoms with van der Waals surface area (Å²) in [5, 5.41) is 0. The molecule has 3 N–H and O–H groups in total. The zero-order valence-corrected chi connectivity index (χ0v) is 10.3. The number of nitrogens with one attached hydrogen (secondary N) is 1. The smallest absolute Gasteiger partial charge is 0.323 e. The predicted octanol–water partition coefficient (Wildman–Crippen LogP) is 0.515. The molecule has 0 aliphatic heterocycles. The molecule has 9 nitrogen and oxygen atoms in total. The van der Waals surface area contributed by atoms with Crippen molar-refractivity contribution in [3.05, 3.63) is 42.9 Å². The van der Waals surface area contributed by atoms with Crippen LogP contribution < -0.4 is 16.0 Å². The largest absolute Gasteiger partial charge is 0.466 e. The van der Waals surface area contributed by atoms with Crippen molar-refractivity contribution in [2.75, 3.05) is 5.43 Å². The summed E-state index contributed by atoms with van der Waals surface area (Å²) in [6, 6.07) is 3.70. The van der Waals surface area contributed by atoms with E-state index < -0.39 is 0 Å². The molecular formula is C11H11N7O2. The van der Waals surface area contributed by atoms with E-state index in [1.165, 1.54) is 0 Å². The van der Waals surface area contributed by atoms with Crippen molar-refractivity contribution in [2.45, 2.75) is 6.61 Å². The van der Waals surface area contributed by atoms with Crippen molar-refractivity contribution in [3.8, 4) is 12.0 Å². The van der Waals surface area contributed by atoms with Gasteiger partial charge in [0.2, 0.25) is 11.9 Å². The van der Waals surface area contributed by atoms with E-state index in [2.05, 4.69) is 25.4 Å². The number of hydrogen-bond acceptors (Lipinski definition) is 8. The highest BCUT2D eigenvalue weighted by molar-refractivity contribution is 5.28. The molecule has 0 bridgehead atoms. The molecule has 3 heterocycles. The van der Waals surface area contributed by atoms with E-state index in [9.17, 15) is 0 Å². The van der Waals surface area contributed by atoms with Crippen LogP contribution in [0.15, 0.2) is 41.5 Å². The van der Waals surface area contributed by atoms with Crippen LogP contribution in [0.3, 0.4) is 0 Å². The molecule has 0 atom stereocenters. The third-order valence-electron chi connectivity index (χ3n) is 2.39. The Morgan fingerprint density at radius 2 is 2.30 bits per heavy atom. The molecule has 0 saturated heterocycles. The monoisotopic (exact) mass is 273 g/mol. The number of rotatable bonds is 5. The summed E-state index contributed by atoms with van der Waals surface area (Å²) >= 11 is 0. The van der Waals surface area contributed by atoms with Gasteiger partial charge in [-0.25, -0.2) is 10.8 Å². The van der Waals surface area contributed by atoms with Gasteiger partial charge in [-0.15, -0.1) is 0 Å². The molecule has 0 aliphatic rings. The molecule has 0 spiro atoms. The Balaban J connectivity index is 1.84. The third-order valence-corrected chi connectivity index (χ3v) is 2.39. The van der Waals surface area contributed by atoms with E-state index in [-0.39, 0.29) is 18.6 Å². The van der Waals surface area contributed by atoms with Crippen LogP contribution in [-0.2, 0) is 6.61 Å². The minimum Gasteiger partial charge on any atom is -0.466 e. The van der Waals surface area contributed by atoms with E-state index in [0.717, 1.165) is 0 Å². The lowest BCUT2D eigenvalue weighted by atomic mass is 10.5. The Hall–Kier alpha value is -2.94. The van der Waals surface area contributed by atoms with Gasteiger partial charge in [-0.05, 0) is 12.1 Å². The van der Waals surface area contributed by atoms with Gasteiger partial charge in [-0.3, -0.25) is 9.99 Å². The van der Waals surface area contributed by atoms with Gasteiger partial charge in [0.15, 0.2) is 0 Å². The highest BCUT2D eigenvalue weighted by Gasteiger charge is 2.09. The van der Waals surface area contributed by atoms with Crippen LogP contribution in [0, 0.1) is 0 Å². The molecule has 0 fully saturated rings. The normalized spacial score (nSPS) is 10.4. The molecule has 0 aliphatic carbocycles. The lowest BCUT2D eigenvalue weighted by molar-refractivity contribution is 0.249. The maximum Gasteiger partial charge on any atom is 0.323 e. The SMILES string of the molecule is NNc1nc(OCc2ccco2)nc(-n2ccnc2)n1. The standard InChI is InChI=1S/C11H11N7O2/c12-17-9-14-10(18-4-3-13-7-18)16-11(15-9)20-6-8-2-1-5-19-8/h1-5,7H,6,12H2,(H,14,15,16,17). The number of furan rings is 1. The van der Waals surface area contributed by atoms with E-state index in [1.807, 2.05) is 0 Å². The molecule has 0 unspecified atom stereocenters. The van der Waals surface area contributed by atoms with Crippen molar-refractivity contribution in [3.63, 3.8) is 0 Å². The molecule has 3 aromatic heterocycles. The van der Waals surface area contributed by atoms with Crippen molar-refractivity contribution in [1.29, 1.82) is 0 Å². The van der Waals surface area contributed by atoms with Gasteiger partial charge < -0.3 is 9.15 Å². The van der Waals surface area contributed by atoms with Crippen LogP contribution in [0.4, 0.5) is 5.95 Å². The van der Waals surface area contributed by atoms with Gasteiger partial charge in [0.05, 0.1) is 6.26 Å². The number of nitrogens with two attached hydrogens (primary N) is 1. The quantitative estimate of drug-likeness (QED) is 0.510. The number of anilines is 1. The molecule has 9 heteroatoms. The Bertz CT molecular complexity index is 666. The average molecular weight is 273 g/mol. The fraction of sp³-hybridized carbons (Fsp3) is 0.0909. The zero-order valence-electron chi connectivity index (χ0n) is 10.3. The van der Waals surface area contributed by atoms with Crippen molar-refractivity contribution >= 4 is 5.95 Å². The van der Waals surface area contributed by atoms with Crippen LogP contribution in [0.5, 0.6) is 6.01 Å². The lowest BCUT2D eigenvalue weighted by Crippen LogP contribution is -2.14. The minimum atomic E-state index is 0.132. The molecule has 3 rings (SSSR count). The lowest BCUT2D eigenvalue weighted by Gasteiger charge is -2.07. The summed E-state index contributed by atoms with van der Waals surface area (Å²) in [5.74, 6) is 6.53. The van der Waals surface area contributed by atoms with Gasteiger partial charge in [-0.1, -0.05) is 0 Å². The number of hydrazine groups is 1. The number of ether oxygens (including phenoxy) is 1. The molecule has 3 aromatic rings. The second-order valence-corrected chi connectivity index (χ2v) is 3.72. The fourth-order valence-corrected chi connectivity index (χ4v) is 1.50. The maximum atomic E-state index is 5.45. The molecule has 0 aromatic carbocycles. The van der Waals surface area contributed by atoms with Crippen LogP contribution in [0.25, 0.3) is 5.95 Å². The summed E-state index contributed by atoms with van der Waals surface area (Å²) in [6.45, 7) is 0.213. The van der Waals surface area contributed by atoms with Gasteiger partial charge in [0.1, 0.15) is 18.7 Å². The summed E-state index contributed by atoms with van der Waals surface area (Å²) in [7, 11) is 0. The summed E-state index contributed by atoms with van der Waals surface area (Å²) in [5.41, 5.74) is 2.36. The summed E-state index contributed by atoms with van der Waals surface area (Å²) in [4.78, 5) is 16.2. The number of aromatic nitrogens is 5. The number of hydrogen-bond donors (Lipinski definition) is 2. The Labute approximate surface area is 113 Å². The van der Waals surface area contributed by atoms with Crippen LogP contribution >= 0.6 is 0 Å². The highest BCUT2D eigenvalue weighted by Crippen LogP contribution is 2.12. The van der Waals surface area contributed by atoms with E-state index >= 15 is 0 Å². The van der Waals surface area contributed by atoms with Gasteiger partial charge >= 0.3 is 6.01 Å². The summed E-state index contributed by atoms with van der Waals surface area (Å²) < 4.78 is 12.2. The highest BCUT2D eigenvalue weighted by atomic mass is 16.5. The van der Waals surface area contributed by atoms with Crippen molar-refractivity contribution in [1.82, 2.24) is 24.5 Å². The third kappa shape index (κ3) is 2.57. The first-order valence-corrected chi connectivity index (χ1v) is 5.71. The fourth-order valence-electron chi connectivity index (χ4n) is 1.50. The van der Waals surface area contributed by atoms with Crippen molar-refractivity contribution in [2.24, 2.45) is 5.84 Å². The van der Waals surface area contributed by atoms with Crippen molar-refractivity contribution < 1.29 is 9.15 Å². The van der Waals surface area contributed by atoms with E-state index in [0.29, 0.717) is 11.7 Å². The minimum absolute atomic E-state index is 0.132. The summed E-state index contributed by atoms with van der Waals surface area (Å²) in [6.07, 6.45) is 6.44. The Kier molecular flexibility index (Phi) is 3.25. The first kappa shape index (κ1) is 12.1. The number of nitrogens with zero attached hydrogens (tertiary/aromatic N) is 5. The van der Waals surface area contributed by atoms with E-state index in [4.69, 9.17) is 15.0 Å². The van der Waals surface area contributed by atoms with Gasteiger partial charge in [-0.2, -0.15) is 15.0 Å². The average Bonchev–Trinajstić information content (AvgIpc) is 3.17. The Morgan fingerprint density at radius 1 is 1.35 bits per heavy atom. The second kappa shape index (κ2) is 5.36. The molecule has 20 heavy (non-hydrogen) atoms. The van der Waals surface area contributed by atoms with Crippen LogP contribution in [0.1, 0.15) is 5.76 Å². The van der Waals surface area contributed by atoms with Crippen LogP contribution in [-0.4, -0.2) is 24.5 Å². The first-order chi connectivity index (χ1) is 9.85. The van der Waals surface area contributed by atoms with Gasteiger partial charge in [0, 0.05) is 12.4 Å². The first-order valence-electron chi connectivity index (χ1n) is 5.71. The maximum absolute atomic E-state index is 5.45. The molecule has 102 valence electrons. The molecular weight excluding hydrogens is 262 g/mol. The Morgan fingerprint density at radius 3 is 3.00 bits per heavy atom. The van der Waals surface area contributed by atoms with Crippen LogP contribution in [0.2, 0.25) is 0 Å². The van der Waals surface area contributed by atoms with Gasteiger partial charge in [0.25, 0.3) is 0 Å². The zero-order chi connectivity index (χ0) is 13.8. The molecule has 0 radical (unpaired) electrons. The second-order valence-electron chi connectivity index (χ2n) is 3.72. The predicted molar refractivity (Wildman–Crippen MR) is 67.8 cm³/mol. The molecule has 0 amide bonds. The van der Waals surface area contributed by atoms with E-state index in [1.54, 1.807) is 41.7 Å². The molecule has 0 saturated carbocycles. The topological polar surface area (TPSA) is 117 Å². The number of imidazole rings is 1. The number of nitrogen functional groups attached to an aromatic ring is 1.